The molecule has 1 heterocycles. The fraction of sp³-hybridized carbons (Fsp3) is 0.500. The van der Waals surface area contributed by atoms with Crippen LogP contribution in [0, 0.1) is 0 Å². The molecule has 4 nitrogen and oxygen atoms in total. The van der Waals surface area contributed by atoms with Gasteiger partial charge in [-0.2, -0.15) is 0 Å². The van der Waals surface area contributed by atoms with Crippen LogP contribution in [0.4, 0.5) is 5.69 Å². The summed E-state index contributed by atoms with van der Waals surface area (Å²) in [5.41, 5.74) is 2.35. The first-order chi connectivity index (χ1) is 8.81. The van der Waals surface area contributed by atoms with Gasteiger partial charge in [-0.25, -0.2) is 0 Å². The lowest BCUT2D eigenvalue weighted by atomic mass is 9.98. The molecule has 0 saturated carbocycles. The number of nitrogens with one attached hydrogen (secondary N) is 1. The molecular weight excluding hydrogens is 230 g/mol. The third kappa shape index (κ3) is 3.23. The molecule has 0 radical (unpaired) electrons. The lowest BCUT2D eigenvalue weighted by Gasteiger charge is -2.09. The number of ether oxygens (including phenoxy) is 2. The lowest BCUT2D eigenvalue weighted by molar-refractivity contribution is -0.144. The summed E-state index contributed by atoms with van der Waals surface area (Å²) in [5, 5.41) is 3.30. The second-order valence-corrected chi connectivity index (χ2v) is 4.44. The van der Waals surface area contributed by atoms with E-state index in [1.807, 2.05) is 18.2 Å². The van der Waals surface area contributed by atoms with Crippen LogP contribution in [0.2, 0.25) is 0 Å². The summed E-state index contributed by atoms with van der Waals surface area (Å²) in [4.78, 5) is 11.7. The molecule has 1 atom stereocenters. The first-order valence-corrected chi connectivity index (χ1v) is 6.28. The van der Waals surface area contributed by atoms with E-state index >= 15 is 0 Å². The summed E-state index contributed by atoms with van der Waals surface area (Å²) in [6.45, 7) is 1.88. The minimum atomic E-state index is -0.130. The number of anilines is 1. The van der Waals surface area contributed by atoms with E-state index in [9.17, 15) is 4.79 Å². The van der Waals surface area contributed by atoms with Crippen LogP contribution in [-0.2, 0) is 14.3 Å². The number of methoxy groups -OCH3 is 1. The van der Waals surface area contributed by atoms with Crippen molar-refractivity contribution in [3.63, 3.8) is 0 Å². The highest BCUT2D eigenvalue weighted by molar-refractivity contribution is 5.72. The molecule has 2 rings (SSSR count). The maximum absolute atomic E-state index is 11.7. The predicted octanol–water partition coefficient (Wildman–Crippen LogP) is 2.17. The van der Waals surface area contributed by atoms with Gasteiger partial charge in [0.1, 0.15) is 0 Å². The van der Waals surface area contributed by atoms with E-state index in [4.69, 9.17) is 9.47 Å². The van der Waals surface area contributed by atoms with Crippen LogP contribution in [0.1, 0.15) is 24.3 Å². The molecule has 0 amide bonds. The van der Waals surface area contributed by atoms with Crippen molar-refractivity contribution >= 4 is 11.7 Å². The molecule has 0 fully saturated rings. The van der Waals surface area contributed by atoms with E-state index in [-0.39, 0.29) is 11.9 Å². The van der Waals surface area contributed by atoms with E-state index in [1.165, 1.54) is 5.56 Å². The van der Waals surface area contributed by atoms with E-state index in [2.05, 4.69) is 11.4 Å². The quantitative estimate of drug-likeness (QED) is 0.620. The van der Waals surface area contributed by atoms with Crippen molar-refractivity contribution in [2.24, 2.45) is 0 Å². The maximum Gasteiger partial charge on any atom is 0.306 e. The normalized spacial score (nSPS) is 17.1. The van der Waals surface area contributed by atoms with Crippen LogP contribution < -0.4 is 5.32 Å². The number of para-hydroxylation sites is 1. The fourth-order valence-electron chi connectivity index (χ4n) is 2.19. The number of fused-ring (bicyclic) bond motifs is 1. The number of benzene rings is 1. The van der Waals surface area contributed by atoms with Gasteiger partial charge in [0.25, 0.3) is 0 Å². The topological polar surface area (TPSA) is 47.6 Å². The molecule has 1 aromatic carbocycles. The molecule has 0 saturated heterocycles. The van der Waals surface area contributed by atoms with Gasteiger partial charge < -0.3 is 14.8 Å². The van der Waals surface area contributed by atoms with Gasteiger partial charge in [0.15, 0.2) is 0 Å². The number of hydrogen-bond acceptors (Lipinski definition) is 4. The summed E-state index contributed by atoms with van der Waals surface area (Å²) >= 11 is 0. The molecule has 4 heteroatoms. The van der Waals surface area contributed by atoms with Crippen LogP contribution in [0.5, 0.6) is 0 Å². The Morgan fingerprint density at radius 3 is 3.06 bits per heavy atom. The summed E-state index contributed by atoms with van der Waals surface area (Å²) in [6, 6.07) is 8.11. The van der Waals surface area contributed by atoms with Gasteiger partial charge in [-0.1, -0.05) is 18.2 Å². The zero-order chi connectivity index (χ0) is 12.8. The van der Waals surface area contributed by atoms with Crippen LogP contribution in [0.3, 0.4) is 0 Å². The Balaban J connectivity index is 1.79. The third-order valence-electron chi connectivity index (χ3n) is 3.11. The predicted molar refractivity (Wildman–Crippen MR) is 69.7 cm³/mol. The third-order valence-corrected chi connectivity index (χ3v) is 3.11. The SMILES string of the molecule is COCCCOC(=O)CC1CNc2ccccc21. The van der Waals surface area contributed by atoms with E-state index in [0.717, 1.165) is 18.7 Å². The largest absolute Gasteiger partial charge is 0.466 e. The van der Waals surface area contributed by atoms with Crippen molar-refractivity contribution in [2.75, 3.05) is 32.2 Å². The summed E-state index contributed by atoms with van der Waals surface area (Å²) in [6.07, 6.45) is 1.19. The monoisotopic (exact) mass is 249 g/mol. The highest BCUT2D eigenvalue weighted by Crippen LogP contribution is 2.33. The fourth-order valence-corrected chi connectivity index (χ4v) is 2.19. The summed E-state index contributed by atoms with van der Waals surface area (Å²) in [5.74, 6) is 0.103. The van der Waals surface area contributed by atoms with Gasteiger partial charge in [0.05, 0.1) is 13.0 Å². The smallest absolute Gasteiger partial charge is 0.306 e. The number of rotatable bonds is 6. The molecule has 1 N–H and O–H groups in total. The molecule has 1 aromatic rings. The highest BCUT2D eigenvalue weighted by atomic mass is 16.5. The van der Waals surface area contributed by atoms with E-state index < -0.39 is 0 Å². The van der Waals surface area contributed by atoms with Gasteiger partial charge in [-0.05, 0) is 11.6 Å². The van der Waals surface area contributed by atoms with Gasteiger partial charge in [0.2, 0.25) is 0 Å². The van der Waals surface area contributed by atoms with Crippen LogP contribution in [0.25, 0.3) is 0 Å². The first kappa shape index (κ1) is 12.9. The van der Waals surface area contributed by atoms with Crippen molar-refractivity contribution in [2.45, 2.75) is 18.8 Å². The highest BCUT2D eigenvalue weighted by Gasteiger charge is 2.24. The minimum Gasteiger partial charge on any atom is -0.466 e. The van der Waals surface area contributed by atoms with Gasteiger partial charge >= 0.3 is 5.97 Å². The molecule has 18 heavy (non-hydrogen) atoms. The molecule has 0 aromatic heterocycles. The molecule has 0 bridgehead atoms. The average molecular weight is 249 g/mol. The Morgan fingerprint density at radius 1 is 1.39 bits per heavy atom. The zero-order valence-corrected chi connectivity index (χ0v) is 10.6. The van der Waals surface area contributed by atoms with Crippen LogP contribution >= 0.6 is 0 Å². The van der Waals surface area contributed by atoms with E-state index in [0.29, 0.717) is 19.6 Å². The van der Waals surface area contributed by atoms with Gasteiger partial charge in [-0.3, -0.25) is 4.79 Å². The number of carbonyl (C=O) groups excluding carboxylic acids is 1. The van der Waals surface area contributed by atoms with Crippen molar-refractivity contribution in [1.82, 2.24) is 0 Å². The van der Waals surface area contributed by atoms with Crippen molar-refractivity contribution in [3.05, 3.63) is 29.8 Å². The number of carbonyl (C=O) groups is 1. The molecule has 1 aliphatic rings. The van der Waals surface area contributed by atoms with Crippen LogP contribution in [-0.4, -0.2) is 32.8 Å². The molecule has 1 unspecified atom stereocenters. The molecule has 1 aliphatic heterocycles. The molecular formula is C14H19NO3. The van der Waals surface area contributed by atoms with Gasteiger partial charge in [-0.15, -0.1) is 0 Å². The van der Waals surface area contributed by atoms with Crippen molar-refractivity contribution in [3.8, 4) is 0 Å². The molecule has 98 valence electrons. The second-order valence-electron chi connectivity index (χ2n) is 4.44. The van der Waals surface area contributed by atoms with Crippen molar-refractivity contribution < 1.29 is 14.3 Å². The molecule has 0 aliphatic carbocycles. The standard InChI is InChI=1S/C14H19NO3/c1-17-7-4-8-18-14(16)9-11-10-15-13-6-3-2-5-12(11)13/h2-3,5-6,11,15H,4,7-10H2,1H3. The molecule has 0 spiro atoms. The van der Waals surface area contributed by atoms with Crippen LogP contribution in [0.15, 0.2) is 24.3 Å². The lowest BCUT2D eigenvalue weighted by Crippen LogP contribution is -2.13. The maximum atomic E-state index is 11.7. The summed E-state index contributed by atoms with van der Waals surface area (Å²) in [7, 11) is 1.64. The van der Waals surface area contributed by atoms with E-state index in [1.54, 1.807) is 7.11 Å². The second kappa shape index (κ2) is 6.40. The number of esters is 1. The Morgan fingerprint density at radius 2 is 2.22 bits per heavy atom. The Bertz CT molecular complexity index is 406. The van der Waals surface area contributed by atoms with Crippen molar-refractivity contribution in [1.29, 1.82) is 0 Å². The first-order valence-electron chi connectivity index (χ1n) is 6.28. The Labute approximate surface area is 107 Å². The number of hydrogen-bond donors (Lipinski definition) is 1. The minimum absolute atomic E-state index is 0.130. The van der Waals surface area contributed by atoms with Gasteiger partial charge in [0, 0.05) is 38.3 Å². The Kier molecular flexibility index (Phi) is 4.59. The summed E-state index contributed by atoms with van der Waals surface area (Å²) < 4.78 is 10.1. The average Bonchev–Trinajstić information content (AvgIpc) is 2.78. The zero-order valence-electron chi connectivity index (χ0n) is 10.6. The Hall–Kier alpha value is -1.55.